The van der Waals surface area contributed by atoms with Crippen LogP contribution in [0.2, 0.25) is 0 Å². The van der Waals surface area contributed by atoms with E-state index in [0.717, 1.165) is 41.1 Å². The highest BCUT2D eigenvalue weighted by Gasteiger charge is 2.27. The number of thiazole rings is 1. The van der Waals surface area contributed by atoms with Crippen LogP contribution >= 0.6 is 11.3 Å². The van der Waals surface area contributed by atoms with Gasteiger partial charge in [0.2, 0.25) is 5.91 Å². The Kier molecular flexibility index (Phi) is 7.01. The van der Waals surface area contributed by atoms with E-state index in [0.29, 0.717) is 13.2 Å². The number of hydrogen-bond acceptors (Lipinski definition) is 5. The standard InChI is InChI=1S/C21H27N3O2S/c1-3-24(19-7-8-19)13-12-22-21(25)11-6-17-4-9-20(10-5-17)26-14-18-15-27-16(2)23-18/h4-6,9-11,15,19H,3,7-8,12-14H2,1-2H3,(H,22,25). The number of nitrogens with zero attached hydrogens (tertiary/aromatic N) is 2. The molecule has 1 heterocycles. The van der Waals surface area contributed by atoms with Crippen molar-refractivity contribution in [3.05, 3.63) is 52.0 Å². The van der Waals surface area contributed by atoms with E-state index in [4.69, 9.17) is 4.74 Å². The molecule has 1 aromatic carbocycles. The van der Waals surface area contributed by atoms with E-state index in [1.165, 1.54) is 12.8 Å². The maximum atomic E-state index is 12.0. The molecule has 1 amide bonds. The fraction of sp³-hybridized carbons (Fsp3) is 0.429. The number of nitrogens with one attached hydrogen (secondary N) is 1. The molecule has 0 bridgehead atoms. The predicted octanol–water partition coefficient (Wildman–Crippen LogP) is 3.64. The van der Waals surface area contributed by atoms with E-state index >= 15 is 0 Å². The summed E-state index contributed by atoms with van der Waals surface area (Å²) in [7, 11) is 0. The van der Waals surface area contributed by atoms with E-state index in [1.54, 1.807) is 17.4 Å². The summed E-state index contributed by atoms with van der Waals surface area (Å²) < 4.78 is 5.73. The SMILES string of the molecule is CCN(CCNC(=O)C=Cc1ccc(OCc2csc(C)n2)cc1)C1CC1. The van der Waals surface area contributed by atoms with Gasteiger partial charge in [-0.2, -0.15) is 0 Å². The first-order valence-corrected chi connectivity index (χ1v) is 10.4. The maximum absolute atomic E-state index is 12.0. The summed E-state index contributed by atoms with van der Waals surface area (Å²) in [5.74, 6) is 0.739. The second kappa shape index (κ2) is 9.67. The molecule has 1 N–H and O–H groups in total. The number of ether oxygens (including phenoxy) is 1. The minimum Gasteiger partial charge on any atom is -0.487 e. The molecular weight excluding hydrogens is 358 g/mol. The topological polar surface area (TPSA) is 54.5 Å². The van der Waals surface area contributed by atoms with Crippen LogP contribution in [0.4, 0.5) is 0 Å². The van der Waals surface area contributed by atoms with Gasteiger partial charge in [0.25, 0.3) is 0 Å². The summed E-state index contributed by atoms with van der Waals surface area (Å²) in [6.45, 7) is 7.29. The average molecular weight is 386 g/mol. The maximum Gasteiger partial charge on any atom is 0.244 e. The predicted molar refractivity (Wildman–Crippen MR) is 110 cm³/mol. The van der Waals surface area contributed by atoms with E-state index < -0.39 is 0 Å². The van der Waals surface area contributed by atoms with Gasteiger partial charge in [0.15, 0.2) is 0 Å². The average Bonchev–Trinajstić information content (AvgIpc) is 3.44. The molecular formula is C21H27N3O2S. The summed E-state index contributed by atoms with van der Waals surface area (Å²) in [5.41, 5.74) is 1.91. The number of carbonyl (C=O) groups is 1. The Morgan fingerprint density at radius 3 is 2.78 bits per heavy atom. The third-order valence-electron chi connectivity index (χ3n) is 4.53. The summed E-state index contributed by atoms with van der Waals surface area (Å²) in [5, 5.41) is 6.01. The summed E-state index contributed by atoms with van der Waals surface area (Å²) >= 11 is 1.62. The third kappa shape index (κ3) is 6.48. The van der Waals surface area contributed by atoms with Crippen molar-refractivity contribution in [2.75, 3.05) is 19.6 Å². The molecule has 1 aromatic heterocycles. The van der Waals surface area contributed by atoms with Crippen molar-refractivity contribution in [3.8, 4) is 5.75 Å². The van der Waals surface area contributed by atoms with Crippen molar-refractivity contribution in [2.24, 2.45) is 0 Å². The molecule has 1 saturated carbocycles. The minimum absolute atomic E-state index is 0.0546. The Bertz CT molecular complexity index is 766. The van der Waals surface area contributed by atoms with Gasteiger partial charge in [-0.25, -0.2) is 4.98 Å². The van der Waals surface area contributed by atoms with E-state index in [-0.39, 0.29) is 5.91 Å². The Balaban J connectivity index is 1.39. The highest BCUT2D eigenvalue weighted by Crippen LogP contribution is 2.25. The molecule has 0 saturated heterocycles. The first kappa shape index (κ1) is 19.6. The van der Waals surface area contributed by atoms with Crippen molar-refractivity contribution in [3.63, 3.8) is 0 Å². The van der Waals surface area contributed by atoms with Crippen molar-refractivity contribution in [1.82, 2.24) is 15.2 Å². The number of amides is 1. The molecule has 3 rings (SSSR count). The Morgan fingerprint density at radius 2 is 2.15 bits per heavy atom. The van der Waals surface area contributed by atoms with Crippen LogP contribution < -0.4 is 10.1 Å². The summed E-state index contributed by atoms with van der Waals surface area (Å²) in [6.07, 6.45) is 6.00. The number of aromatic nitrogens is 1. The smallest absolute Gasteiger partial charge is 0.244 e. The second-order valence-corrected chi connectivity index (χ2v) is 7.76. The van der Waals surface area contributed by atoms with Crippen molar-refractivity contribution >= 4 is 23.3 Å². The fourth-order valence-corrected chi connectivity index (χ4v) is 3.50. The van der Waals surface area contributed by atoms with Crippen LogP contribution in [-0.4, -0.2) is 41.5 Å². The Morgan fingerprint density at radius 1 is 1.37 bits per heavy atom. The van der Waals surface area contributed by atoms with Gasteiger partial charge >= 0.3 is 0 Å². The first-order chi connectivity index (χ1) is 13.1. The third-order valence-corrected chi connectivity index (χ3v) is 5.35. The molecule has 0 spiro atoms. The zero-order chi connectivity index (χ0) is 19.1. The molecule has 27 heavy (non-hydrogen) atoms. The zero-order valence-corrected chi connectivity index (χ0v) is 16.8. The number of likely N-dealkylation sites (N-methyl/N-ethyl adjacent to an activating group) is 1. The lowest BCUT2D eigenvalue weighted by Gasteiger charge is -2.19. The molecule has 2 aromatic rings. The molecule has 1 aliphatic carbocycles. The van der Waals surface area contributed by atoms with E-state index in [2.05, 4.69) is 22.1 Å². The van der Waals surface area contributed by atoms with Gasteiger partial charge in [-0.1, -0.05) is 19.1 Å². The molecule has 0 unspecified atom stereocenters. The second-order valence-electron chi connectivity index (χ2n) is 6.70. The van der Waals surface area contributed by atoms with Crippen LogP contribution in [0, 0.1) is 6.92 Å². The molecule has 1 fully saturated rings. The van der Waals surface area contributed by atoms with Crippen molar-refractivity contribution in [1.29, 1.82) is 0 Å². The lowest BCUT2D eigenvalue weighted by Crippen LogP contribution is -2.35. The van der Waals surface area contributed by atoms with Crippen LogP contribution in [0.25, 0.3) is 6.08 Å². The van der Waals surface area contributed by atoms with Crippen molar-refractivity contribution in [2.45, 2.75) is 39.3 Å². The highest BCUT2D eigenvalue weighted by atomic mass is 32.1. The molecule has 1 aliphatic rings. The van der Waals surface area contributed by atoms with Crippen LogP contribution in [-0.2, 0) is 11.4 Å². The molecule has 5 nitrogen and oxygen atoms in total. The Labute approximate surface area is 165 Å². The van der Waals surface area contributed by atoms with Crippen molar-refractivity contribution < 1.29 is 9.53 Å². The zero-order valence-electron chi connectivity index (χ0n) is 16.0. The van der Waals surface area contributed by atoms with Gasteiger partial charge < -0.3 is 10.1 Å². The number of benzene rings is 1. The minimum atomic E-state index is -0.0546. The lowest BCUT2D eigenvalue weighted by molar-refractivity contribution is -0.116. The van der Waals surface area contributed by atoms with Crippen LogP contribution in [0.15, 0.2) is 35.7 Å². The van der Waals surface area contributed by atoms with Gasteiger partial charge in [0.1, 0.15) is 12.4 Å². The van der Waals surface area contributed by atoms with E-state index in [1.807, 2.05) is 42.6 Å². The number of hydrogen-bond donors (Lipinski definition) is 1. The van der Waals surface area contributed by atoms with E-state index in [9.17, 15) is 4.79 Å². The first-order valence-electron chi connectivity index (χ1n) is 9.48. The van der Waals surface area contributed by atoms with Gasteiger partial charge in [0.05, 0.1) is 10.7 Å². The summed E-state index contributed by atoms with van der Waals surface area (Å²) in [6, 6.07) is 8.44. The largest absolute Gasteiger partial charge is 0.487 e. The summed E-state index contributed by atoms with van der Waals surface area (Å²) in [4.78, 5) is 18.8. The molecule has 0 aliphatic heterocycles. The molecule has 0 radical (unpaired) electrons. The molecule has 144 valence electrons. The number of aryl methyl sites for hydroxylation is 1. The van der Waals surface area contributed by atoms with Gasteiger partial charge in [-0.05, 0) is 50.1 Å². The normalized spacial score (nSPS) is 14.0. The van der Waals surface area contributed by atoms with Gasteiger partial charge in [-0.15, -0.1) is 11.3 Å². The Hall–Kier alpha value is -2.18. The van der Waals surface area contributed by atoms with Crippen LogP contribution in [0.5, 0.6) is 5.75 Å². The number of carbonyl (C=O) groups excluding carboxylic acids is 1. The van der Waals surface area contributed by atoms with Gasteiger partial charge in [-0.3, -0.25) is 9.69 Å². The molecule has 6 heteroatoms. The van der Waals surface area contributed by atoms with Gasteiger partial charge in [0, 0.05) is 30.6 Å². The highest BCUT2D eigenvalue weighted by molar-refractivity contribution is 7.09. The quantitative estimate of drug-likeness (QED) is 0.635. The fourth-order valence-electron chi connectivity index (χ4n) is 2.90. The molecule has 0 atom stereocenters. The van der Waals surface area contributed by atoms with Crippen LogP contribution in [0.1, 0.15) is 36.0 Å². The lowest BCUT2D eigenvalue weighted by atomic mass is 10.2. The van der Waals surface area contributed by atoms with Crippen LogP contribution in [0.3, 0.4) is 0 Å². The monoisotopic (exact) mass is 385 g/mol. The number of rotatable bonds is 10.